The molecule has 0 radical (unpaired) electrons. The van der Waals surface area contributed by atoms with E-state index >= 15 is 0 Å². The van der Waals surface area contributed by atoms with Crippen LogP contribution in [0.1, 0.15) is 30.1 Å². The number of hydrogen-bond acceptors (Lipinski definition) is 3. The molecule has 0 fully saturated rings. The fourth-order valence-corrected chi connectivity index (χ4v) is 2.19. The van der Waals surface area contributed by atoms with Gasteiger partial charge in [-0.1, -0.05) is 42.5 Å². The normalized spacial score (nSPS) is 13.4. The number of benzene rings is 2. The third-order valence-electron chi connectivity index (χ3n) is 3.41. The number of carboxylic acid groups (broad SMARTS) is 1. The molecule has 0 aromatic heterocycles. The molecule has 0 saturated carbocycles. The van der Waals surface area contributed by atoms with Crippen LogP contribution in [-0.4, -0.2) is 18.2 Å². The van der Waals surface area contributed by atoms with Crippen LogP contribution in [0.3, 0.4) is 0 Å². The van der Waals surface area contributed by atoms with Crippen LogP contribution in [0.25, 0.3) is 0 Å². The number of rotatable bonds is 6. The van der Waals surface area contributed by atoms with Crippen molar-refractivity contribution in [3.05, 3.63) is 65.7 Å². The lowest BCUT2D eigenvalue weighted by Gasteiger charge is -2.21. The molecule has 4 heteroatoms. The van der Waals surface area contributed by atoms with Gasteiger partial charge in [0.05, 0.1) is 7.11 Å². The molecule has 0 amide bonds. The Bertz CT molecular complexity index is 581. The van der Waals surface area contributed by atoms with E-state index in [1.165, 1.54) is 0 Å². The first-order chi connectivity index (χ1) is 10.1. The monoisotopic (exact) mass is 285 g/mol. The molecule has 0 heterocycles. The van der Waals surface area contributed by atoms with Gasteiger partial charge in [0.15, 0.2) is 0 Å². The van der Waals surface area contributed by atoms with E-state index in [0.717, 1.165) is 5.56 Å². The fourth-order valence-electron chi connectivity index (χ4n) is 2.19. The van der Waals surface area contributed by atoms with Gasteiger partial charge in [-0.25, -0.2) is 0 Å². The van der Waals surface area contributed by atoms with Gasteiger partial charge >= 0.3 is 5.97 Å². The number of hydrogen-bond donors (Lipinski definition) is 2. The lowest BCUT2D eigenvalue weighted by molar-refractivity contribution is -0.139. The van der Waals surface area contributed by atoms with Crippen molar-refractivity contribution in [3.8, 4) is 5.75 Å². The minimum absolute atomic E-state index is 0.0607. The van der Waals surface area contributed by atoms with Gasteiger partial charge < -0.3 is 9.84 Å². The average molecular weight is 285 g/mol. The molecular weight excluding hydrogens is 266 g/mol. The summed E-state index contributed by atoms with van der Waals surface area (Å²) < 4.78 is 5.09. The van der Waals surface area contributed by atoms with E-state index in [-0.39, 0.29) is 6.04 Å². The molecule has 0 aliphatic heterocycles. The molecule has 0 spiro atoms. The second kappa shape index (κ2) is 6.90. The van der Waals surface area contributed by atoms with Crippen molar-refractivity contribution in [3.63, 3.8) is 0 Å². The van der Waals surface area contributed by atoms with E-state index < -0.39 is 12.0 Å². The van der Waals surface area contributed by atoms with Gasteiger partial charge in [0, 0.05) is 6.04 Å². The zero-order chi connectivity index (χ0) is 15.2. The Balaban J connectivity index is 2.17. The summed E-state index contributed by atoms with van der Waals surface area (Å²) in [4.78, 5) is 11.5. The van der Waals surface area contributed by atoms with Gasteiger partial charge in [-0.15, -0.1) is 0 Å². The van der Waals surface area contributed by atoms with Gasteiger partial charge in [0.2, 0.25) is 0 Å². The molecule has 2 N–H and O–H groups in total. The molecular formula is C17H19NO3. The maximum absolute atomic E-state index is 11.5. The van der Waals surface area contributed by atoms with Crippen molar-refractivity contribution in [2.75, 3.05) is 7.11 Å². The lowest BCUT2D eigenvalue weighted by Crippen LogP contribution is -2.30. The number of methoxy groups -OCH3 is 1. The maximum Gasteiger partial charge on any atom is 0.325 e. The zero-order valence-corrected chi connectivity index (χ0v) is 12.1. The second-order valence-electron chi connectivity index (χ2n) is 4.84. The van der Waals surface area contributed by atoms with Gasteiger partial charge in [-0.05, 0) is 30.2 Å². The van der Waals surface area contributed by atoms with E-state index in [1.807, 2.05) is 37.3 Å². The summed E-state index contributed by atoms with van der Waals surface area (Å²) in [7, 11) is 1.58. The first-order valence-electron chi connectivity index (χ1n) is 6.79. The Kier molecular flexibility index (Phi) is 4.95. The highest BCUT2D eigenvalue weighted by molar-refractivity contribution is 5.75. The van der Waals surface area contributed by atoms with Crippen molar-refractivity contribution in [2.24, 2.45) is 0 Å². The highest BCUT2D eigenvalue weighted by atomic mass is 16.5. The third kappa shape index (κ3) is 3.83. The lowest BCUT2D eigenvalue weighted by atomic mass is 10.0. The minimum Gasteiger partial charge on any atom is -0.497 e. The molecule has 2 aromatic rings. The van der Waals surface area contributed by atoms with Crippen molar-refractivity contribution in [1.29, 1.82) is 0 Å². The summed E-state index contributed by atoms with van der Waals surface area (Å²) in [5.74, 6) is -0.193. The smallest absolute Gasteiger partial charge is 0.325 e. The summed E-state index contributed by atoms with van der Waals surface area (Å²) in [6, 6.07) is 16.0. The van der Waals surface area contributed by atoms with E-state index in [1.54, 1.807) is 31.4 Å². The SMILES string of the molecule is COc1ccc(C(NC(C)c2ccccc2)C(=O)O)cc1. The Labute approximate surface area is 124 Å². The van der Waals surface area contributed by atoms with Gasteiger partial charge in [0.1, 0.15) is 11.8 Å². The molecule has 4 nitrogen and oxygen atoms in total. The van der Waals surface area contributed by atoms with E-state index in [2.05, 4.69) is 5.32 Å². The maximum atomic E-state index is 11.5. The van der Waals surface area contributed by atoms with Crippen molar-refractivity contribution in [2.45, 2.75) is 19.0 Å². The van der Waals surface area contributed by atoms with Crippen LogP contribution >= 0.6 is 0 Å². The molecule has 0 bridgehead atoms. The molecule has 2 aromatic carbocycles. The molecule has 2 rings (SSSR count). The van der Waals surface area contributed by atoms with Crippen LogP contribution in [0.15, 0.2) is 54.6 Å². The quantitative estimate of drug-likeness (QED) is 0.856. The zero-order valence-electron chi connectivity index (χ0n) is 12.1. The largest absolute Gasteiger partial charge is 0.497 e. The van der Waals surface area contributed by atoms with Crippen LogP contribution < -0.4 is 10.1 Å². The summed E-state index contributed by atoms with van der Waals surface area (Å²) in [5.41, 5.74) is 1.75. The highest BCUT2D eigenvalue weighted by Crippen LogP contribution is 2.22. The number of carboxylic acids is 1. The predicted molar refractivity (Wildman–Crippen MR) is 81.4 cm³/mol. The predicted octanol–water partition coefficient (Wildman–Crippen LogP) is 3.17. The topological polar surface area (TPSA) is 58.6 Å². The number of nitrogens with one attached hydrogen (secondary N) is 1. The van der Waals surface area contributed by atoms with E-state index in [4.69, 9.17) is 4.74 Å². The van der Waals surface area contributed by atoms with Crippen molar-refractivity contribution < 1.29 is 14.6 Å². The minimum atomic E-state index is -0.900. The fraction of sp³-hybridized carbons (Fsp3) is 0.235. The van der Waals surface area contributed by atoms with Gasteiger partial charge in [-0.3, -0.25) is 10.1 Å². The number of aliphatic carboxylic acids is 1. The molecule has 0 saturated heterocycles. The molecule has 21 heavy (non-hydrogen) atoms. The van der Waals surface area contributed by atoms with E-state index in [9.17, 15) is 9.90 Å². The summed E-state index contributed by atoms with van der Waals surface area (Å²) in [5, 5.41) is 12.6. The van der Waals surface area contributed by atoms with Crippen LogP contribution in [0.4, 0.5) is 0 Å². The molecule has 2 atom stereocenters. The first-order valence-corrected chi connectivity index (χ1v) is 6.79. The average Bonchev–Trinajstić information content (AvgIpc) is 2.53. The molecule has 2 unspecified atom stereocenters. The second-order valence-corrected chi connectivity index (χ2v) is 4.84. The Morgan fingerprint density at radius 1 is 1.05 bits per heavy atom. The molecule has 110 valence electrons. The Hall–Kier alpha value is -2.33. The number of carbonyl (C=O) groups is 1. The summed E-state index contributed by atoms with van der Waals surface area (Å²) in [6.07, 6.45) is 0. The first kappa shape index (κ1) is 15.1. The Morgan fingerprint density at radius 3 is 2.19 bits per heavy atom. The van der Waals surface area contributed by atoms with Crippen molar-refractivity contribution >= 4 is 5.97 Å². The third-order valence-corrected chi connectivity index (χ3v) is 3.41. The van der Waals surface area contributed by atoms with E-state index in [0.29, 0.717) is 11.3 Å². The summed E-state index contributed by atoms with van der Waals surface area (Å²) in [6.45, 7) is 1.95. The van der Waals surface area contributed by atoms with Crippen LogP contribution in [0.2, 0.25) is 0 Å². The standard InChI is InChI=1S/C17H19NO3/c1-12(13-6-4-3-5-7-13)18-16(17(19)20)14-8-10-15(21-2)11-9-14/h3-12,16,18H,1-2H3,(H,19,20). The van der Waals surface area contributed by atoms with Crippen LogP contribution in [0, 0.1) is 0 Å². The molecule has 0 aliphatic carbocycles. The molecule has 0 aliphatic rings. The van der Waals surface area contributed by atoms with Crippen molar-refractivity contribution in [1.82, 2.24) is 5.32 Å². The summed E-state index contributed by atoms with van der Waals surface area (Å²) >= 11 is 0. The van der Waals surface area contributed by atoms with Gasteiger partial charge in [0.25, 0.3) is 0 Å². The number of ether oxygens (including phenoxy) is 1. The van der Waals surface area contributed by atoms with Gasteiger partial charge in [-0.2, -0.15) is 0 Å². The Morgan fingerprint density at radius 2 is 1.67 bits per heavy atom. The van der Waals surface area contributed by atoms with Crippen LogP contribution in [-0.2, 0) is 4.79 Å². The highest BCUT2D eigenvalue weighted by Gasteiger charge is 2.22. The van der Waals surface area contributed by atoms with Crippen LogP contribution in [0.5, 0.6) is 5.75 Å².